The van der Waals surface area contributed by atoms with Gasteiger partial charge in [0, 0.05) is 28.0 Å². The molecule has 3 heteroatoms. The molecule has 0 unspecified atom stereocenters. The third-order valence-corrected chi connectivity index (χ3v) is 9.83. The minimum Gasteiger partial charge on any atom is -0.454 e. The molecule has 3 nitrogen and oxygen atoms in total. The number of benzene rings is 7. The molecule has 0 N–H and O–H groups in total. The van der Waals surface area contributed by atoms with Gasteiger partial charge in [-0.05, 0) is 111 Å². The maximum Gasteiger partial charge on any atom is 0.153 e. The largest absolute Gasteiger partial charge is 0.454 e. The molecule has 0 bridgehead atoms. The van der Waals surface area contributed by atoms with Crippen molar-refractivity contribution in [2.24, 2.45) is 0 Å². The van der Waals surface area contributed by atoms with Crippen molar-refractivity contribution in [3.8, 4) is 50.2 Å². The molecular weight excluding hydrogens is 609 g/mol. The fourth-order valence-corrected chi connectivity index (χ4v) is 7.44. The van der Waals surface area contributed by atoms with E-state index >= 15 is 0 Å². The summed E-state index contributed by atoms with van der Waals surface area (Å²) in [4.78, 5) is 4.58. The van der Waals surface area contributed by atoms with E-state index in [1.165, 1.54) is 55.2 Å². The lowest BCUT2D eigenvalue weighted by atomic mass is 9.94. The third-order valence-electron chi connectivity index (χ3n) is 9.83. The van der Waals surface area contributed by atoms with E-state index in [-0.39, 0.29) is 0 Å². The Hall–Kier alpha value is -6.71. The number of furan rings is 1. The summed E-state index contributed by atoms with van der Waals surface area (Å²) in [6.45, 7) is 0. The Balaban J connectivity index is 0.996. The van der Waals surface area contributed by atoms with E-state index in [4.69, 9.17) is 4.42 Å². The van der Waals surface area contributed by atoms with Gasteiger partial charge in [-0.2, -0.15) is 0 Å². The van der Waals surface area contributed by atoms with Crippen LogP contribution in [-0.2, 0) is 0 Å². The van der Waals surface area contributed by atoms with Crippen LogP contribution in [0.4, 0.5) is 0 Å². The molecule has 0 atom stereocenters. The van der Waals surface area contributed by atoms with Gasteiger partial charge in [-0.15, -0.1) is 0 Å². The molecule has 0 aliphatic rings. The topological polar surface area (TPSA) is 31.0 Å². The maximum absolute atomic E-state index is 6.02. The van der Waals surface area contributed by atoms with Gasteiger partial charge in [0.05, 0.1) is 11.0 Å². The Morgan fingerprint density at radius 1 is 0.360 bits per heavy atom. The first-order chi connectivity index (χ1) is 24.8. The molecule has 0 spiro atoms. The van der Waals surface area contributed by atoms with Crippen LogP contribution in [0.3, 0.4) is 0 Å². The van der Waals surface area contributed by atoms with E-state index in [0.717, 1.165) is 38.9 Å². The second kappa shape index (κ2) is 11.5. The van der Waals surface area contributed by atoms with Crippen molar-refractivity contribution in [3.05, 3.63) is 182 Å². The molecule has 0 saturated heterocycles. The molecule has 10 aromatic rings. The van der Waals surface area contributed by atoms with E-state index in [1.54, 1.807) is 0 Å². The van der Waals surface area contributed by atoms with Crippen LogP contribution in [0.2, 0.25) is 0 Å². The Morgan fingerprint density at radius 2 is 0.860 bits per heavy atom. The van der Waals surface area contributed by atoms with Gasteiger partial charge in [-0.3, -0.25) is 4.98 Å². The zero-order valence-electron chi connectivity index (χ0n) is 27.1. The van der Waals surface area contributed by atoms with Crippen LogP contribution in [0.25, 0.3) is 94.1 Å². The summed E-state index contributed by atoms with van der Waals surface area (Å²) in [5.74, 6) is 0. The van der Waals surface area contributed by atoms with E-state index in [9.17, 15) is 0 Å². The molecule has 0 radical (unpaired) electrons. The average Bonchev–Trinajstić information content (AvgIpc) is 3.74. The van der Waals surface area contributed by atoms with E-state index < -0.39 is 0 Å². The second-order valence-electron chi connectivity index (χ2n) is 12.8. The molecule has 0 aliphatic carbocycles. The van der Waals surface area contributed by atoms with Gasteiger partial charge in [0.25, 0.3) is 0 Å². The van der Waals surface area contributed by atoms with Crippen molar-refractivity contribution >= 4 is 43.9 Å². The van der Waals surface area contributed by atoms with Gasteiger partial charge in [-0.25, -0.2) is 0 Å². The number of rotatable bonds is 5. The fraction of sp³-hybridized carbons (Fsp3) is 0. The van der Waals surface area contributed by atoms with Gasteiger partial charge in [0.1, 0.15) is 11.1 Å². The first kappa shape index (κ1) is 28.3. The van der Waals surface area contributed by atoms with Gasteiger partial charge in [0.2, 0.25) is 0 Å². The lowest BCUT2D eigenvalue weighted by molar-refractivity contribution is 0.668. The highest BCUT2D eigenvalue weighted by Gasteiger charge is 2.13. The lowest BCUT2D eigenvalue weighted by Gasteiger charge is -2.12. The van der Waals surface area contributed by atoms with Crippen molar-refractivity contribution < 1.29 is 4.42 Å². The zero-order chi connectivity index (χ0) is 33.0. The van der Waals surface area contributed by atoms with E-state index in [2.05, 4.69) is 167 Å². The predicted molar refractivity (Wildman–Crippen MR) is 208 cm³/mol. The summed E-state index contributed by atoms with van der Waals surface area (Å²) in [7, 11) is 0. The van der Waals surface area contributed by atoms with Crippen LogP contribution in [0.5, 0.6) is 0 Å². The predicted octanol–water partition coefficient (Wildman–Crippen LogP) is 12.7. The van der Waals surface area contributed by atoms with Crippen LogP contribution < -0.4 is 0 Å². The van der Waals surface area contributed by atoms with Crippen LogP contribution in [0.15, 0.2) is 187 Å². The van der Waals surface area contributed by atoms with E-state index in [1.807, 2.05) is 24.4 Å². The number of fused-ring (bicyclic) bond motifs is 6. The molecule has 0 fully saturated rings. The van der Waals surface area contributed by atoms with Gasteiger partial charge >= 0.3 is 0 Å². The van der Waals surface area contributed by atoms with Gasteiger partial charge in [-0.1, -0.05) is 109 Å². The molecular formula is C47H30N2O. The second-order valence-corrected chi connectivity index (χ2v) is 12.8. The number of nitrogens with zero attached hydrogens (tertiary/aromatic N) is 2. The van der Waals surface area contributed by atoms with Crippen LogP contribution in [-0.4, -0.2) is 9.55 Å². The summed E-state index contributed by atoms with van der Waals surface area (Å²) in [6, 6.07) is 62.9. The lowest BCUT2D eigenvalue weighted by Crippen LogP contribution is -1.94. The SMILES string of the molecule is c1cc(-c2cccc(-c3cccc(-n4c5ccccc5c5ccccc54)c3)c2)cc(-c2cccc(-c3ccc4oc5cccnc5c4c3)c2)c1. The Labute approximate surface area is 289 Å². The minimum absolute atomic E-state index is 0.810. The van der Waals surface area contributed by atoms with Crippen molar-refractivity contribution in [1.82, 2.24) is 9.55 Å². The van der Waals surface area contributed by atoms with Crippen molar-refractivity contribution in [2.75, 3.05) is 0 Å². The standard InChI is InChI=1S/C47H30N2O/c1-3-20-43-40(18-1)41-19-2-4-21-44(41)49(43)39-17-8-16-37(29-39)35-14-6-12-33(27-35)31-10-5-11-32(26-31)34-13-7-15-36(28-34)38-23-24-45-42(30-38)47-46(50-45)22-9-25-48-47/h1-30H. The summed E-state index contributed by atoms with van der Waals surface area (Å²) in [5, 5.41) is 3.57. The molecule has 234 valence electrons. The molecule has 0 aliphatic heterocycles. The van der Waals surface area contributed by atoms with Crippen molar-refractivity contribution in [1.29, 1.82) is 0 Å². The Morgan fingerprint density at radius 3 is 1.44 bits per heavy atom. The summed E-state index contributed by atoms with van der Waals surface area (Å²) in [5.41, 5.74) is 15.6. The van der Waals surface area contributed by atoms with Crippen LogP contribution in [0.1, 0.15) is 0 Å². The summed E-state index contributed by atoms with van der Waals surface area (Å²) in [6.07, 6.45) is 1.82. The number of hydrogen-bond donors (Lipinski definition) is 0. The zero-order valence-corrected chi connectivity index (χ0v) is 27.1. The van der Waals surface area contributed by atoms with Crippen molar-refractivity contribution in [3.63, 3.8) is 0 Å². The number of para-hydroxylation sites is 2. The molecule has 10 rings (SSSR count). The molecule has 0 amide bonds. The Bertz CT molecular complexity index is 2840. The van der Waals surface area contributed by atoms with Crippen molar-refractivity contribution in [2.45, 2.75) is 0 Å². The Kier molecular flexibility index (Phi) is 6.49. The summed E-state index contributed by atoms with van der Waals surface area (Å²) < 4.78 is 8.39. The average molecular weight is 639 g/mol. The van der Waals surface area contributed by atoms with Gasteiger partial charge in [0.15, 0.2) is 5.58 Å². The van der Waals surface area contributed by atoms with Gasteiger partial charge < -0.3 is 8.98 Å². The minimum atomic E-state index is 0.810. The van der Waals surface area contributed by atoms with Crippen LogP contribution >= 0.6 is 0 Å². The summed E-state index contributed by atoms with van der Waals surface area (Å²) >= 11 is 0. The quantitative estimate of drug-likeness (QED) is 0.188. The number of hydrogen-bond acceptors (Lipinski definition) is 2. The highest BCUT2D eigenvalue weighted by atomic mass is 16.3. The molecule has 50 heavy (non-hydrogen) atoms. The maximum atomic E-state index is 6.02. The molecule has 3 aromatic heterocycles. The molecule has 3 heterocycles. The highest BCUT2D eigenvalue weighted by Crippen LogP contribution is 2.36. The smallest absolute Gasteiger partial charge is 0.153 e. The monoisotopic (exact) mass is 638 g/mol. The van der Waals surface area contributed by atoms with Crippen LogP contribution in [0, 0.1) is 0 Å². The fourth-order valence-electron chi connectivity index (χ4n) is 7.44. The third kappa shape index (κ3) is 4.71. The number of pyridine rings is 1. The van der Waals surface area contributed by atoms with E-state index in [0.29, 0.717) is 0 Å². The number of aromatic nitrogens is 2. The molecule has 0 saturated carbocycles. The normalized spacial score (nSPS) is 11.6. The first-order valence-electron chi connectivity index (χ1n) is 16.9. The molecule has 7 aromatic carbocycles. The first-order valence-corrected chi connectivity index (χ1v) is 16.9. The highest BCUT2D eigenvalue weighted by molar-refractivity contribution is 6.09.